The number of rotatable bonds is 2. The molecule has 0 aromatic rings. The Hall–Kier alpha value is 0.922. The van der Waals surface area contributed by atoms with E-state index in [1.165, 1.54) is 0 Å². The van der Waals surface area contributed by atoms with Crippen LogP contribution in [-0.2, 0) is 29.6 Å². The Morgan fingerprint density at radius 3 is 1.25 bits per heavy atom. The maximum atomic E-state index is 9.95. The van der Waals surface area contributed by atoms with Gasteiger partial charge in [-0.3, -0.25) is 0 Å². The first-order chi connectivity index (χ1) is 4.50. The molecule has 0 aliphatic carbocycles. The minimum atomic E-state index is -5.82. The van der Waals surface area contributed by atoms with Gasteiger partial charge in [0.2, 0.25) is 0 Å². The van der Waals surface area contributed by atoms with E-state index < -0.39 is 20.3 Å². The van der Waals surface area contributed by atoms with Crippen LogP contribution in [0.1, 0.15) is 6.92 Å². The van der Waals surface area contributed by atoms with Crippen molar-refractivity contribution in [2.24, 2.45) is 0 Å². The summed E-state index contributed by atoms with van der Waals surface area (Å²) in [6, 6.07) is 0. The summed E-state index contributed by atoms with van der Waals surface area (Å²) in [5.74, 6) is 0. The first-order valence-electron chi connectivity index (χ1n) is 2.27. The Morgan fingerprint density at radius 2 is 1.25 bits per heavy atom. The van der Waals surface area contributed by atoms with E-state index in [2.05, 4.69) is 0 Å². The Labute approximate surface area is 81.8 Å². The van der Waals surface area contributed by atoms with E-state index in [9.17, 15) is 28.7 Å². The summed E-state index contributed by atoms with van der Waals surface area (Å²) in [7, 11) is -11.6. The molecular weight excluding hydrogens is 386 g/mol. The van der Waals surface area contributed by atoms with Crippen molar-refractivity contribution in [2.75, 3.05) is 0 Å². The van der Waals surface area contributed by atoms with Crippen molar-refractivity contribution in [1.29, 1.82) is 0 Å². The number of aliphatic hydroxyl groups is 1. The fraction of sp³-hybridized carbons (Fsp3) is 1.00. The van der Waals surface area contributed by atoms with Crippen molar-refractivity contribution in [2.45, 2.75) is 12.0 Å². The van der Waals surface area contributed by atoms with E-state index in [0.717, 1.165) is 0 Å². The van der Waals surface area contributed by atoms with Gasteiger partial charge < -0.3 is 33.8 Å². The van der Waals surface area contributed by atoms with Crippen LogP contribution in [0.25, 0.3) is 0 Å². The molecule has 0 heterocycles. The van der Waals surface area contributed by atoms with Gasteiger partial charge in [0.25, 0.3) is 0 Å². The van der Waals surface area contributed by atoms with Crippen molar-refractivity contribution in [3.05, 3.63) is 0 Å². The summed E-state index contributed by atoms with van der Waals surface area (Å²) in [5.41, 5.74) is 0. The molecule has 0 bridgehead atoms. The Morgan fingerprint density at radius 1 is 1.08 bits per heavy atom. The van der Waals surface area contributed by atoms with Gasteiger partial charge in [-0.15, -0.1) is 0 Å². The Bertz CT molecular complexity index is 212. The van der Waals surface area contributed by atoms with Crippen LogP contribution in [0, 0.1) is 0 Å². The van der Waals surface area contributed by atoms with Crippen LogP contribution < -0.4 is 19.6 Å². The molecule has 0 saturated heterocycles. The van der Waals surface area contributed by atoms with Gasteiger partial charge in [-0.2, -0.15) is 0 Å². The van der Waals surface area contributed by atoms with Gasteiger partial charge in [0.1, 0.15) is 5.08 Å². The van der Waals surface area contributed by atoms with E-state index in [0.29, 0.717) is 0 Å². The first kappa shape index (κ1) is 15.4. The Balaban J connectivity index is 0. The fourth-order valence-electron chi connectivity index (χ4n) is 0.150. The molecule has 0 fully saturated rings. The predicted octanol–water partition coefficient (Wildman–Crippen LogP) is -3.52. The van der Waals surface area contributed by atoms with Crippen molar-refractivity contribution in [3.8, 4) is 0 Å². The zero-order chi connectivity index (χ0) is 9.50. The zero-order valence-electron chi connectivity index (χ0n) is 5.67. The molecular formula is C2H4O7P2Re-4. The van der Waals surface area contributed by atoms with Gasteiger partial charge in [0.15, 0.2) is 0 Å². The summed E-state index contributed by atoms with van der Waals surface area (Å²) in [6.07, 6.45) is 0. The van der Waals surface area contributed by atoms with Crippen molar-refractivity contribution >= 4 is 15.2 Å². The molecule has 0 aliphatic heterocycles. The molecule has 75 valence electrons. The third-order valence-electron chi connectivity index (χ3n) is 1.04. The van der Waals surface area contributed by atoms with Gasteiger partial charge in [-0.25, -0.2) is 0 Å². The predicted molar refractivity (Wildman–Crippen MR) is 25.8 cm³/mol. The third kappa shape index (κ3) is 3.00. The maximum absolute atomic E-state index is 9.95. The van der Waals surface area contributed by atoms with Gasteiger partial charge in [0, 0.05) is 20.4 Å². The second kappa shape index (κ2) is 3.97. The summed E-state index contributed by atoms with van der Waals surface area (Å²) in [4.78, 5) is 39.8. The quantitative estimate of drug-likeness (QED) is 0.481. The minimum absolute atomic E-state index is 0. The summed E-state index contributed by atoms with van der Waals surface area (Å²) in [5, 5.41) is 4.68. The molecule has 0 amide bonds. The van der Waals surface area contributed by atoms with Gasteiger partial charge in [-0.1, -0.05) is 0 Å². The average Bonchev–Trinajstić information content (AvgIpc) is 1.58. The molecule has 0 aliphatic rings. The van der Waals surface area contributed by atoms with Crippen molar-refractivity contribution in [3.63, 3.8) is 0 Å². The Kier molecular flexibility index (Phi) is 5.10. The van der Waals surface area contributed by atoms with E-state index in [4.69, 9.17) is 5.11 Å². The smallest absolute Gasteiger partial charge is 0.114 e. The number of hydrogen-bond acceptors (Lipinski definition) is 7. The molecule has 10 heteroatoms. The SMILES string of the molecule is CC(O)(P(=O)([O-])[O-])P(=O)([O-])[O-].[188Re]. The second-order valence-electron chi connectivity index (χ2n) is 1.97. The number of hydrogen-bond donors (Lipinski definition) is 1. The standard InChI is InChI=1S/C2H8O7P2.Re/c1-2(3,10(4,5)6)11(7,8)9;/h3H,1H3,(H2,4,5,6)(H2,7,8,9);/p-4/i;1+2. The topological polar surface area (TPSA) is 147 Å². The van der Waals surface area contributed by atoms with Gasteiger partial charge in [-0.05, 0) is 22.1 Å². The average molecular weight is 390 g/mol. The van der Waals surface area contributed by atoms with E-state index in [-0.39, 0.29) is 27.3 Å². The van der Waals surface area contributed by atoms with Crippen molar-refractivity contribution in [1.82, 2.24) is 0 Å². The van der Waals surface area contributed by atoms with Crippen LogP contribution in [0.15, 0.2) is 0 Å². The molecule has 0 aromatic carbocycles. The molecule has 0 unspecified atom stereocenters. The molecule has 0 spiro atoms. The van der Waals surface area contributed by atoms with E-state index in [1.807, 2.05) is 0 Å². The van der Waals surface area contributed by atoms with E-state index in [1.54, 1.807) is 0 Å². The minimum Gasteiger partial charge on any atom is -0.808 e. The molecule has 0 rings (SSSR count). The van der Waals surface area contributed by atoms with Crippen LogP contribution in [0.3, 0.4) is 0 Å². The third-order valence-corrected chi connectivity index (χ3v) is 4.58. The normalized spacial score (nSPS) is 13.8. The van der Waals surface area contributed by atoms with Gasteiger partial charge in [0.05, 0.1) is 0 Å². The van der Waals surface area contributed by atoms with Crippen LogP contribution in [0.2, 0.25) is 0 Å². The largest absolute Gasteiger partial charge is 0.808 e. The fourth-order valence-corrected chi connectivity index (χ4v) is 1.35. The molecule has 7 nitrogen and oxygen atoms in total. The monoisotopic (exact) mass is 390 g/mol. The van der Waals surface area contributed by atoms with Crippen molar-refractivity contribution < 1.29 is 54.2 Å². The molecule has 0 aromatic heterocycles. The molecule has 0 atom stereocenters. The van der Waals surface area contributed by atoms with Gasteiger partial charge >= 0.3 is 0 Å². The second-order valence-corrected chi connectivity index (χ2v) is 6.05. The summed E-state index contributed by atoms with van der Waals surface area (Å²) in [6.45, 7) is 0.133. The van der Waals surface area contributed by atoms with Crippen LogP contribution in [0.5, 0.6) is 0 Å². The van der Waals surface area contributed by atoms with E-state index >= 15 is 0 Å². The summed E-state index contributed by atoms with van der Waals surface area (Å²) < 4.78 is 19.9. The molecule has 0 saturated carbocycles. The molecule has 1 radical (unpaired) electrons. The molecule has 1 N–H and O–H groups in total. The van der Waals surface area contributed by atoms with Crippen LogP contribution in [-0.4, -0.2) is 10.2 Å². The van der Waals surface area contributed by atoms with Crippen LogP contribution >= 0.6 is 15.2 Å². The summed E-state index contributed by atoms with van der Waals surface area (Å²) >= 11 is 0. The first-order valence-corrected chi connectivity index (χ1v) is 5.35. The van der Waals surface area contributed by atoms with Crippen LogP contribution in [0.4, 0.5) is 0 Å². The molecule has 12 heavy (non-hydrogen) atoms. The maximum Gasteiger partial charge on any atom is 0.114 e. The zero-order valence-corrected chi connectivity index (χ0v) is 10.2.